The molecule has 0 aromatic carbocycles. The Labute approximate surface area is 34.4 Å². The van der Waals surface area contributed by atoms with Gasteiger partial charge in [-0.15, -0.1) is 0 Å². The van der Waals surface area contributed by atoms with Gasteiger partial charge in [-0.1, -0.05) is 0 Å². The fourth-order valence-electron chi connectivity index (χ4n) is 0. The SMILES string of the molecule is N=C=N.O=CO. The van der Waals surface area contributed by atoms with Crippen LogP contribution < -0.4 is 0 Å². The molecule has 4 heteroatoms. The van der Waals surface area contributed by atoms with Crippen molar-refractivity contribution < 1.29 is 9.90 Å². The molecule has 0 rings (SSSR count). The molecule has 0 aliphatic heterocycles. The average molecular weight is 88.1 g/mol. The molecule has 0 aliphatic carbocycles. The summed E-state index contributed by atoms with van der Waals surface area (Å²) in [5.74, 6) is 0. The topological polar surface area (TPSA) is 85.0 Å². The van der Waals surface area contributed by atoms with E-state index in [1.54, 1.807) is 0 Å². The van der Waals surface area contributed by atoms with Crippen LogP contribution in [-0.4, -0.2) is 17.6 Å². The first-order chi connectivity index (χ1) is 2.83. The summed E-state index contributed by atoms with van der Waals surface area (Å²) in [6.45, 7) is -0.250. The number of carbonyl (C=O) groups is 1. The van der Waals surface area contributed by atoms with Crippen molar-refractivity contribution in [3.8, 4) is 0 Å². The van der Waals surface area contributed by atoms with E-state index in [0.717, 1.165) is 0 Å². The van der Waals surface area contributed by atoms with E-state index in [-0.39, 0.29) is 6.47 Å². The largest absolute Gasteiger partial charge is 0.483 e. The van der Waals surface area contributed by atoms with Crippen molar-refractivity contribution in [2.45, 2.75) is 0 Å². The minimum absolute atomic E-state index is 0.250. The van der Waals surface area contributed by atoms with Crippen LogP contribution in [0.5, 0.6) is 0 Å². The monoisotopic (exact) mass is 88.0 g/mol. The van der Waals surface area contributed by atoms with Gasteiger partial charge in [0.25, 0.3) is 6.47 Å². The van der Waals surface area contributed by atoms with Gasteiger partial charge in [-0.3, -0.25) is 4.79 Å². The lowest BCUT2D eigenvalue weighted by Gasteiger charge is -1.34. The van der Waals surface area contributed by atoms with E-state index in [0.29, 0.717) is 0 Å². The van der Waals surface area contributed by atoms with Gasteiger partial charge in [0, 0.05) is 0 Å². The summed E-state index contributed by atoms with van der Waals surface area (Å²) in [6, 6.07) is 1.25. The Kier molecular flexibility index (Phi) is 63.8. The molecule has 0 fully saturated rings. The quantitative estimate of drug-likeness (QED) is 0.288. The molecule has 3 N–H and O–H groups in total. The molecule has 0 unspecified atom stereocenters. The second-order valence-corrected chi connectivity index (χ2v) is 0.230. The van der Waals surface area contributed by atoms with Gasteiger partial charge in [-0.2, -0.15) is 0 Å². The molecule has 0 spiro atoms. The van der Waals surface area contributed by atoms with Crippen LogP contribution in [0.25, 0.3) is 0 Å². The van der Waals surface area contributed by atoms with Gasteiger partial charge in [-0.25, -0.2) is 10.8 Å². The average Bonchev–Trinajstić information content (AvgIpc) is 1.39. The predicted molar refractivity (Wildman–Crippen MR) is 19.1 cm³/mol. The zero-order chi connectivity index (χ0) is 5.41. The maximum absolute atomic E-state index is 8.36. The Bertz CT molecular complexity index is 54.6. The number of hydrogen-bond donors (Lipinski definition) is 3. The highest BCUT2D eigenvalue weighted by molar-refractivity contribution is 5.32. The van der Waals surface area contributed by atoms with Crippen LogP contribution >= 0.6 is 0 Å². The van der Waals surface area contributed by atoms with Crippen molar-refractivity contribution in [2.75, 3.05) is 0 Å². The molecular weight excluding hydrogens is 84.0 g/mol. The Morgan fingerprint density at radius 3 is 1.67 bits per heavy atom. The van der Waals surface area contributed by atoms with Gasteiger partial charge >= 0.3 is 0 Å². The number of hydrogen-bond acceptors (Lipinski definition) is 3. The summed E-state index contributed by atoms with van der Waals surface area (Å²) < 4.78 is 0. The molecular formula is C2H4N2O2. The highest BCUT2D eigenvalue weighted by Crippen LogP contribution is 0.966. The Morgan fingerprint density at radius 2 is 1.67 bits per heavy atom. The van der Waals surface area contributed by atoms with Gasteiger partial charge in [0.15, 0.2) is 0 Å². The van der Waals surface area contributed by atoms with E-state index < -0.39 is 0 Å². The van der Waals surface area contributed by atoms with E-state index in [1.807, 2.05) is 0 Å². The van der Waals surface area contributed by atoms with Crippen LogP contribution in [0.2, 0.25) is 0 Å². The van der Waals surface area contributed by atoms with E-state index in [2.05, 4.69) is 0 Å². The molecule has 6 heavy (non-hydrogen) atoms. The second kappa shape index (κ2) is 43.3. The Hall–Kier alpha value is -1.15. The number of nitrogens with one attached hydrogen (secondary N) is 2. The van der Waals surface area contributed by atoms with Crippen molar-refractivity contribution in [2.24, 2.45) is 0 Å². The Balaban J connectivity index is 0. The van der Waals surface area contributed by atoms with Crippen molar-refractivity contribution in [1.82, 2.24) is 0 Å². The van der Waals surface area contributed by atoms with Crippen LogP contribution in [0.3, 0.4) is 0 Å². The smallest absolute Gasteiger partial charge is 0.290 e. The second-order valence-electron chi connectivity index (χ2n) is 0.230. The maximum Gasteiger partial charge on any atom is 0.290 e. The lowest BCUT2D eigenvalue weighted by atomic mass is 11.6. The van der Waals surface area contributed by atoms with Gasteiger partial charge < -0.3 is 5.11 Å². The molecule has 4 nitrogen and oxygen atoms in total. The van der Waals surface area contributed by atoms with E-state index >= 15 is 0 Å². The maximum atomic E-state index is 8.36. The third kappa shape index (κ3) is 7.38. The van der Waals surface area contributed by atoms with Crippen LogP contribution in [0.1, 0.15) is 0 Å². The fraction of sp³-hybridized carbons (Fsp3) is 0. The lowest BCUT2D eigenvalue weighted by Crippen LogP contribution is -1.49. The molecule has 34 valence electrons. The van der Waals surface area contributed by atoms with Gasteiger partial charge in [0.05, 0.1) is 6.01 Å². The van der Waals surface area contributed by atoms with Crippen LogP contribution in [-0.2, 0) is 4.79 Å². The number of rotatable bonds is 0. The fourth-order valence-corrected chi connectivity index (χ4v) is 0. The van der Waals surface area contributed by atoms with Crippen molar-refractivity contribution in [3.63, 3.8) is 0 Å². The minimum Gasteiger partial charge on any atom is -0.483 e. The molecule has 0 aromatic heterocycles. The molecule has 0 saturated heterocycles. The standard InChI is InChI=1S/CH2N2.CH2O2/c2*2-1-3/h2-3H;1H,(H,2,3). The molecule has 0 aliphatic rings. The summed E-state index contributed by atoms with van der Waals surface area (Å²) >= 11 is 0. The van der Waals surface area contributed by atoms with Gasteiger partial charge in [-0.05, 0) is 0 Å². The zero-order valence-corrected chi connectivity index (χ0v) is 2.93. The van der Waals surface area contributed by atoms with Crippen LogP contribution in [0.4, 0.5) is 0 Å². The van der Waals surface area contributed by atoms with Crippen molar-refractivity contribution in [3.05, 3.63) is 0 Å². The molecule has 0 bridgehead atoms. The Morgan fingerprint density at radius 1 is 1.67 bits per heavy atom. The van der Waals surface area contributed by atoms with Gasteiger partial charge in [0.1, 0.15) is 0 Å². The normalized spacial score (nSPS) is 3.33. The molecule has 0 amide bonds. The highest BCUT2D eigenvalue weighted by atomic mass is 16.3. The van der Waals surface area contributed by atoms with E-state index in [4.69, 9.17) is 20.7 Å². The summed E-state index contributed by atoms with van der Waals surface area (Å²) in [6.07, 6.45) is 0. The third-order valence-electron chi connectivity index (χ3n) is 0. The first-order valence-corrected chi connectivity index (χ1v) is 0.994. The summed E-state index contributed by atoms with van der Waals surface area (Å²) in [5.41, 5.74) is 0. The van der Waals surface area contributed by atoms with Crippen LogP contribution in [0.15, 0.2) is 0 Å². The van der Waals surface area contributed by atoms with Crippen molar-refractivity contribution >= 4 is 12.5 Å². The molecule has 0 aromatic rings. The molecule has 0 radical (unpaired) electrons. The summed E-state index contributed by atoms with van der Waals surface area (Å²) in [7, 11) is 0. The summed E-state index contributed by atoms with van der Waals surface area (Å²) in [4.78, 5) is 8.36. The van der Waals surface area contributed by atoms with Crippen LogP contribution in [0, 0.1) is 10.8 Å². The minimum atomic E-state index is -0.250. The first-order valence-electron chi connectivity index (χ1n) is 0.994. The summed E-state index contributed by atoms with van der Waals surface area (Å²) in [5, 5.41) is 18.1. The first kappa shape index (κ1) is 8.85. The molecule has 0 saturated carbocycles. The lowest BCUT2D eigenvalue weighted by molar-refractivity contribution is -0.122. The zero-order valence-electron chi connectivity index (χ0n) is 2.93. The molecule has 0 atom stereocenters. The van der Waals surface area contributed by atoms with Crippen molar-refractivity contribution in [1.29, 1.82) is 10.8 Å². The van der Waals surface area contributed by atoms with E-state index in [1.165, 1.54) is 6.01 Å². The third-order valence-corrected chi connectivity index (χ3v) is 0. The predicted octanol–water partition coefficient (Wildman–Crippen LogP) is 0.0186. The highest BCUT2D eigenvalue weighted by Gasteiger charge is 1.22. The van der Waals surface area contributed by atoms with E-state index in [9.17, 15) is 0 Å². The molecule has 0 heterocycles. The number of carboxylic acid groups (broad SMARTS) is 1. The van der Waals surface area contributed by atoms with Gasteiger partial charge in [0.2, 0.25) is 0 Å².